The zero-order valence-electron chi connectivity index (χ0n) is 24.9. The van der Waals surface area contributed by atoms with Crippen molar-refractivity contribution in [3.8, 4) is 0 Å². The number of hydrogen-bond donors (Lipinski definition) is 0. The largest absolute Gasteiger partial charge is 0.529 e. The number of halogens is 30. The Balaban J connectivity index is 0. The molecule has 1 fully saturated rings. The molecule has 1 rings (SSSR count). The van der Waals surface area contributed by atoms with Crippen molar-refractivity contribution < 1.29 is 155 Å². The average molecular weight is 890 g/mol. The second kappa shape index (κ2) is 14.6. The van der Waals surface area contributed by atoms with Crippen molar-refractivity contribution in [2.45, 2.75) is 111 Å². The fraction of sp³-hybridized carbons (Fsp3) is 1.00. The zero-order valence-corrected chi connectivity index (χ0v) is 24.9. The van der Waals surface area contributed by atoms with Gasteiger partial charge in [0.2, 0.25) is 0 Å². The molecule has 0 spiro atoms. The smallest absolute Gasteiger partial charge is 0.338 e. The van der Waals surface area contributed by atoms with E-state index in [0.717, 1.165) is 0 Å². The first-order valence-electron chi connectivity index (χ1n) is 11.7. The number of rotatable bonds is 9. The third-order valence-corrected chi connectivity index (χ3v) is 5.37. The molecule has 328 valence electrons. The maximum absolute atomic E-state index is 13.7. The molecule has 0 aliphatic carbocycles. The van der Waals surface area contributed by atoms with Gasteiger partial charge < -0.3 is 4.74 Å². The van der Waals surface area contributed by atoms with Gasteiger partial charge in [-0.1, -0.05) is 0 Å². The third-order valence-electron chi connectivity index (χ3n) is 5.37. The van der Waals surface area contributed by atoms with Crippen LogP contribution < -0.4 is 0 Å². The fourth-order valence-electron chi connectivity index (χ4n) is 3.02. The summed E-state index contributed by atoms with van der Waals surface area (Å²) in [4.78, 5) is 0. The van der Waals surface area contributed by atoms with Gasteiger partial charge in [-0.25, -0.2) is 44.6 Å². The summed E-state index contributed by atoms with van der Waals surface area (Å²) in [6, 6.07) is 0. The number of hydrogen-bond acceptors (Lipinski definition) is 5. The minimum absolute atomic E-state index is 0.204. The molecular formula is C19H12F30O5. The molecule has 0 bridgehead atoms. The molecular weight excluding hydrogens is 878 g/mol. The molecule has 4 unspecified atom stereocenters. The molecule has 4 atom stereocenters. The van der Waals surface area contributed by atoms with Crippen LogP contribution in [0.4, 0.5) is 132 Å². The molecule has 0 aromatic heterocycles. The molecule has 0 aromatic rings. The maximum atomic E-state index is 13.7. The third kappa shape index (κ3) is 10.6. The van der Waals surface area contributed by atoms with Gasteiger partial charge in [-0.05, 0) is 0 Å². The van der Waals surface area contributed by atoms with Crippen molar-refractivity contribution in [2.75, 3.05) is 7.11 Å². The van der Waals surface area contributed by atoms with Crippen LogP contribution in [-0.4, -0.2) is 97.6 Å². The van der Waals surface area contributed by atoms with E-state index in [4.69, 9.17) is 0 Å². The molecule has 1 heterocycles. The zero-order chi connectivity index (χ0) is 45.0. The van der Waals surface area contributed by atoms with Gasteiger partial charge in [0, 0.05) is 27.9 Å². The Morgan fingerprint density at radius 3 is 0.963 bits per heavy atom. The lowest BCUT2D eigenvalue weighted by Gasteiger charge is -2.39. The summed E-state index contributed by atoms with van der Waals surface area (Å²) in [6.45, 7) is -1.57. The van der Waals surface area contributed by atoms with Crippen LogP contribution in [0, 0.1) is 0 Å². The summed E-state index contributed by atoms with van der Waals surface area (Å²) in [5, 5.41) is 0. The van der Waals surface area contributed by atoms with E-state index in [1.807, 2.05) is 0 Å². The van der Waals surface area contributed by atoms with Crippen molar-refractivity contribution >= 4 is 0 Å². The minimum Gasteiger partial charge on any atom is -0.338 e. The normalized spacial score (nSPS) is 25.4. The van der Waals surface area contributed by atoms with Crippen LogP contribution in [0.3, 0.4) is 0 Å². The molecule has 1 aliphatic rings. The van der Waals surface area contributed by atoms with Crippen LogP contribution in [-0.2, 0) is 23.7 Å². The van der Waals surface area contributed by atoms with E-state index in [2.05, 4.69) is 9.47 Å². The van der Waals surface area contributed by atoms with Crippen LogP contribution in [0.5, 0.6) is 0 Å². The predicted molar refractivity (Wildman–Crippen MR) is 103 cm³/mol. The highest BCUT2D eigenvalue weighted by atomic mass is 19.4. The first-order chi connectivity index (χ1) is 22.6. The molecule has 0 aromatic carbocycles. The molecule has 5 nitrogen and oxygen atoms in total. The highest BCUT2D eigenvalue weighted by Gasteiger charge is 2.97. The second-order valence-corrected chi connectivity index (χ2v) is 9.68. The summed E-state index contributed by atoms with van der Waals surface area (Å²) in [5.41, 5.74) is -6.26. The number of ether oxygens (including phenoxy) is 5. The van der Waals surface area contributed by atoms with Gasteiger partial charge in [0.05, 0.1) is 0 Å². The van der Waals surface area contributed by atoms with Gasteiger partial charge in [-0.2, -0.15) is 66.2 Å². The summed E-state index contributed by atoms with van der Waals surface area (Å²) >= 11 is 0. The molecule has 1 saturated heterocycles. The van der Waals surface area contributed by atoms with E-state index in [9.17, 15) is 132 Å². The predicted octanol–water partition coefficient (Wildman–Crippen LogP) is 10.9. The Labute approximate surface area is 275 Å². The van der Waals surface area contributed by atoms with Crippen molar-refractivity contribution in [3.63, 3.8) is 0 Å². The number of alkyl halides is 30. The van der Waals surface area contributed by atoms with E-state index in [1.165, 1.54) is 14.2 Å². The maximum Gasteiger partial charge on any atom is 0.529 e. The van der Waals surface area contributed by atoms with Gasteiger partial charge >= 0.3 is 84.6 Å². The van der Waals surface area contributed by atoms with Crippen molar-refractivity contribution in [1.29, 1.82) is 0 Å². The molecule has 0 radical (unpaired) electrons. The molecule has 35 heteroatoms. The van der Waals surface area contributed by atoms with Crippen LogP contribution in [0.1, 0.15) is 20.8 Å². The lowest BCUT2D eigenvalue weighted by atomic mass is 9.83. The Morgan fingerprint density at radius 2 is 0.778 bits per heavy atom. The quantitative estimate of drug-likeness (QED) is 0.170. The standard InChI is InChI=1S/C8H6F10O.C6F14O3.C5H6F6O/c1-3(9,10)5(13)6(14,15)8(17,18)19-7(5,16)4(2,11)12;7-1(2(8,9)10,21-4(13,14)15)3(11,12)22-6(19,20)23-5(16,17)18;1-3(6,7)4(8,12-2)5(9,10)11/h1-2H3;;1-2H3. The number of methoxy groups -OCH3 is 1. The lowest BCUT2D eigenvalue weighted by Crippen LogP contribution is -2.69. The van der Waals surface area contributed by atoms with Crippen molar-refractivity contribution in [3.05, 3.63) is 0 Å². The summed E-state index contributed by atoms with van der Waals surface area (Å²) in [5.74, 6) is -40.2. The van der Waals surface area contributed by atoms with Crippen LogP contribution in [0.2, 0.25) is 0 Å². The van der Waals surface area contributed by atoms with Crippen LogP contribution in [0.25, 0.3) is 0 Å². The summed E-state index contributed by atoms with van der Waals surface area (Å²) in [7, 11) is 0.227. The summed E-state index contributed by atoms with van der Waals surface area (Å²) < 4.78 is 379. The second-order valence-electron chi connectivity index (χ2n) is 9.68. The summed E-state index contributed by atoms with van der Waals surface area (Å²) in [6.07, 6.45) is -46.6. The van der Waals surface area contributed by atoms with E-state index >= 15 is 0 Å². The van der Waals surface area contributed by atoms with Crippen LogP contribution >= 0.6 is 0 Å². The topological polar surface area (TPSA) is 46.2 Å². The fourth-order valence-corrected chi connectivity index (χ4v) is 3.02. The Bertz CT molecular complexity index is 1220. The average Bonchev–Trinajstić information content (AvgIpc) is 2.92. The molecule has 1 aliphatic heterocycles. The van der Waals surface area contributed by atoms with E-state index in [0.29, 0.717) is 0 Å². The molecule has 0 amide bonds. The van der Waals surface area contributed by atoms with E-state index < -0.39 is 104 Å². The highest BCUT2D eigenvalue weighted by Crippen LogP contribution is 2.68. The Hall–Kier alpha value is -2.30. The van der Waals surface area contributed by atoms with Gasteiger partial charge in [0.25, 0.3) is 5.92 Å². The SMILES string of the molecule is CC(F)(F)C1(F)OC(F)(F)C(F)(F)C1(F)C(C)(F)F.COC(F)(C(C)(F)F)C(F)(F)F.FC(F)(F)OC(F)(F)OC(F)(F)C(F)(OC(F)(F)F)C(F)(F)F. The monoisotopic (exact) mass is 890 g/mol. The highest BCUT2D eigenvalue weighted by molar-refractivity contribution is 5.22. The first kappa shape index (κ1) is 53.8. The van der Waals surface area contributed by atoms with Crippen molar-refractivity contribution in [2.24, 2.45) is 0 Å². The molecule has 0 N–H and O–H groups in total. The van der Waals surface area contributed by atoms with E-state index in [1.54, 1.807) is 0 Å². The van der Waals surface area contributed by atoms with Gasteiger partial charge in [-0.15, -0.1) is 35.1 Å². The first-order valence-corrected chi connectivity index (χ1v) is 11.7. The van der Waals surface area contributed by atoms with Gasteiger partial charge in [0.15, 0.2) is 0 Å². The Morgan fingerprint density at radius 1 is 0.444 bits per heavy atom. The van der Waals surface area contributed by atoms with Crippen molar-refractivity contribution in [1.82, 2.24) is 0 Å². The van der Waals surface area contributed by atoms with Gasteiger partial charge in [0.1, 0.15) is 0 Å². The Kier molecular flexibility index (Phi) is 14.5. The van der Waals surface area contributed by atoms with Crippen LogP contribution in [0.15, 0.2) is 0 Å². The van der Waals surface area contributed by atoms with Gasteiger partial charge in [-0.3, -0.25) is 4.74 Å². The minimum atomic E-state index is -7.36. The molecule has 54 heavy (non-hydrogen) atoms. The molecule has 0 saturated carbocycles. The lowest BCUT2D eigenvalue weighted by molar-refractivity contribution is -0.585. The van der Waals surface area contributed by atoms with E-state index in [-0.39, 0.29) is 14.0 Å².